The van der Waals surface area contributed by atoms with Gasteiger partial charge >= 0.3 is 5.97 Å². The first-order valence-electron chi connectivity index (χ1n) is 7.01. The molecule has 21 heavy (non-hydrogen) atoms. The molecule has 0 bridgehead atoms. The van der Waals surface area contributed by atoms with Crippen LogP contribution in [-0.2, 0) is 14.9 Å². The number of hydrogen-bond donors (Lipinski definition) is 0. The smallest absolute Gasteiger partial charge is 0.325 e. The summed E-state index contributed by atoms with van der Waals surface area (Å²) in [6.45, 7) is 0.668. The predicted molar refractivity (Wildman–Crippen MR) is 80.7 cm³/mol. The first kappa shape index (κ1) is 12.8. The zero-order valence-corrected chi connectivity index (χ0v) is 12.5. The van der Waals surface area contributed by atoms with E-state index in [4.69, 9.17) is 4.74 Å². The molecule has 5 heteroatoms. The molecule has 0 N–H and O–H groups in total. The maximum absolute atomic E-state index is 12.7. The Morgan fingerprint density at radius 2 is 2.19 bits per heavy atom. The van der Waals surface area contributed by atoms with Crippen LogP contribution < -0.4 is 0 Å². The molecule has 108 valence electrons. The van der Waals surface area contributed by atoms with Crippen molar-refractivity contribution < 1.29 is 14.3 Å². The van der Waals surface area contributed by atoms with E-state index in [-0.39, 0.29) is 23.8 Å². The van der Waals surface area contributed by atoms with Crippen molar-refractivity contribution in [3.8, 4) is 0 Å². The first-order valence-corrected chi connectivity index (χ1v) is 7.89. The molecule has 4 nitrogen and oxygen atoms in total. The molecule has 0 saturated heterocycles. The number of hydrogen-bond acceptors (Lipinski definition) is 4. The van der Waals surface area contributed by atoms with Gasteiger partial charge in [-0.05, 0) is 47.4 Å². The maximum atomic E-state index is 12.7. The number of fused-ring (bicyclic) bond motifs is 4. The third-order valence-electron chi connectivity index (χ3n) is 4.58. The molecule has 1 aliphatic carbocycles. The summed E-state index contributed by atoms with van der Waals surface area (Å²) in [5.74, 6) is -0.416. The van der Waals surface area contributed by atoms with Crippen molar-refractivity contribution in [2.75, 3.05) is 20.2 Å². The summed E-state index contributed by atoms with van der Waals surface area (Å²) in [4.78, 5) is 25.8. The SMILES string of the molecule is COC(=O)CN1CC2(CC2)c2c(ccc3sccc23)C1=O. The quantitative estimate of drug-likeness (QED) is 0.801. The molecule has 1 spiro atoms. The summed E-state index contributed by atoms with van der Waals surface area (Å²) in [6.07, 6.45) is 2.17. The predicted octanol–water partition coefficient (Wildman–Crippen LogP) is 2.56. The Bertz CT molecular complexity index is 760. The number of amides is 1. The van der Waals surface area contributed by atoms with Crippen molar-refractivity contribution in [3.63, 3.8) is 0 Å². The van der Waals surface area contributed by atoms with Gasteiger partial charge in [-0.25, -0.2) is 0 Å². The van der Waals surface area contributed by atoms with Crippen molar-refractivity contribution in [1.82, 2.24) is 4.90 Å². The van der Waals surface area contributed by atoms with E-state index in [0.717, 1.165) is 18.4 Å². The summed E-state index contributed by atoms with van der Waals surface area (Å²) in [7, 11) is 1.35. The highest BCUT2D eigenvalue weighted by molar-refractivity contribution is 7.17. The number of ether oxygens (including phenoxy) is 1. The van der Waals surface area contributed by atoms with Gasteiger partial charge in [0.15, 0.2) is 0 Å². The van der Waals surface area contributed by atoms with Gasteiger partial charge in [0.25, 0.3) is 5.91 Å². The van der Waals surface area contributed by atoms with E-state index in [2.05, 4.69) is 11.4 Å². The van der Waals surface area contributed by atoms with E-state index >= 15 is 0 Å². The Morgan fingerprint density at radius 3 is 2.90 bits per heavy atom. The molecule has 4 rings (SSSR count). The van der Waals surface area contributed by atoms with Gasteiger partial charge in [-0.1, -0.05) is 0 Å². The van der Waals surface area contributed by atoms with Crippen LogP contribution >= 0.6 is 11.3 Å². The van der Waals surface area contributed by atoms with Crippen LogP contribution in [0, 0.1) is 0 Å². The number of rotatable bonds is 2. The minimum atomic E-state index is -0.362. The van der Waals surface area contributed by atoms with E-state index in [9.17, 15) is 9.59 Å². The highest BCUT2D eigenvalue weighted by Gasteiger charge is 2.52. The molecule has 1 fully saturated rings. The molecule has 0 radical (unpaired) electrons. The fourth-order valence-corrected chi connectivity index (χ4v) is 4.18. The lowest BCUT2D eigenvalue weighted by Crippen LogP contribution is -2.46. The monoisotopic (exact) mass is 301 g/mol. The van der Waals surface area contributed by atoms with Gasteiger partial charge in [-0.2, -0.15) is 0 Å². The van der Waals surface area contributed by atoms with Gasteiger partial charge < -0.3 is 9.64 Å². The normalized spacial score (nSPS) is 18.9. The van der Waals surface area contributed by atoms with Gasteiger partial charge in [0.05, 0.1) is 7.11 Å². The van der Waals surface area contributed by atoms with Crippen LogP contribution in [0.5, 0.6) is 0 Å². The zero-order chi connectivity index (χ0) is 14.6. The van der Waals surface area contributed by atoms with Crippen LogP contribution in [0.15, 0.2) is 23.6 Å². The van der Waals surface area contributed by atoms with E-state index in [1.54, 1.807) is 16.2 Å². The standard InChI is InChI=1S/C16H15NO3S/c1-20-13(18)8-17-9-16(5-6-16)14-10-4-7-21-12(10)3-2-11(14)15(17)19/h2-4,7H,5-6,8-9H2,1H3. The van der Waals surface area contributed by atoms with Crippen LogP contribution in [0.4, 0.5) is 0 Å². The van der Waals surface area contributed by atoms with Crippen LogP contribution in [0.25, 0.3) is 10.1 Å². The Kier molecular flexibility index (Phi) is 2.63. The summed E-state index contributed by atoms with van der Waals surface area (Å²) in [5.41, 5.74) is 2.01. The Balaban J connectivity index is 1.84. The summed E-state index contributed by atoms with van der Waals surface area (Å²) in [5, 5.41) is 3.29. The van der Waals surface area contributed by atoms with Gasteiger partial charge in [0.2, 0.25) is 0 Å². The van der Waals surface area contributed by atoms with Crippen molar-refractivity contribution in [3.05, 3.63) is 34.7 Å². The summed E-state index contributed by atoms with van der Waals surface area (Å²) >= 11 is 1.71. The molecule has 2 aromatic rings. The van der Waals surface area contributed by atoms with Crippen molar-refractivity contribution >= 4 is 33.3 Å². The summed E-state index contributed by atoms with van der Waals surface area (Å²) < 4.78 is 5.94. The van der Waals surface area contributed by atoms with Crippen LogP contribution in [-0.4, -0.2) is 37.0 Å². The van der Waals surface area contributed by atoms with Crippen molar-refractivity contribution in [2.45, 2.75) is 18.3 Å². The topological polar surface area (TPSA) is 46.6 Å². The molecule has 1 saturated carbocycles. The highest BCUT2D eigenvalue weighted by atomic mass is 32.1. The third kappa shape index (κ3) is 1.80. The van der Waals surface area contributed by atoms with E-state index in [1.165, 1.54) is 22.8 Å². The average Bonchev–Trinajstić information content (AvgIpc) is 3.08. The third-order valence-corrected chi connectivity index (χ3v) is 5.46. The van der Waals surface area contributed by atoms with Gasteiger partial charge in [0, 0.05) is 22.2 Å². The minimum absolute atomic E-state index is 0.0399. The molecule has 0 unspecified atom stereocenters. The lowest BCUT2D eigenvalue weighted by Gasteiger charge is -2.34. The number of methoxy groups -OCH3 is 1. The number of carbonyl (C=O) groups is 2. The number of carbonyl (C=O) groups excluding carboxylic acids is 2. The van der Waals surface area contributed by atoms with Gasteiger partial charge in [-0.15, -0.1) is 11.3 Å². The lowest BCUT2D eigenvalue weighted by atomic mass is 9.84. The zero-order valence-electron chi connectivity index (χ0n) is 11.7. The Morgan fingerprint density at radius 1 is 1.38 bits per heavy atom. The number of esters is 1. The second-order valence-electron chi connectivity index (χ2n) is 5.84. The Labute approximate surface area is 126 Å². The Hall–Kier alpha value is -1.88. The number of thiophene rings is 1. The molecule has 2 heterocycles. The number of nitrogens with zero attached hydrogens (tertiary/aromatic N) is 1. The summed E-state index contributed by atoms with van der Waals surface area (Å²) in [6, 6.07) is 6.04. The fraction of sp³-hybridized carbons (Fsp3) is 0.375. The van der Waals surface area contributed by atoms with Crippen LogP contribution in [0.3, 0.4) is 0 Å². The van der Waals surface area contributed by atoms with E-state index in [1.807, 2.05) is 12.1 Å². The molecular weight excluding hydrogens is 286 g/mol. The lowest BCUT2D eigenvalue weighted by molar-refractivity contribution is -0.141. The number of benzene rings is 1. The minimum Gasteiger partial charge on any atom is -0.468 e. The van der Waals surface area contributed by atoms with E-state index < -0.39 is 0 Å². The molecule has 2 aliphatic rings. The first-order chi connectivity index (χ1) is 10.1. The molecule has 1 aromatic heterocycles. The second-order valence-corrected chi connectivity index (χ2v) is 6.79. The van der Waals surface area contributed by atoms with E-state index in [0.29, 0.717) is 6.54 Å². The van der Waals surface area contributed by atoms with Gasteiger partial charge in [-0.3, -0.25) is 9.59 Å². The maximum Gasteiger partial charge on any atom is 0.325 e. The molecule has 0 atom stereocenters. The molecule has 1 amide bonds. The fourth-order valence-electron chi connectivity index (χ4n) is 3.39. The van der Waals surface area contributed by atoms with Gasteiger partial charge in [0.1, 0.15) is 6.54 Å². The molecule has 1 aliphatic heterocycles. The van der Waals surface area contributed by atoms with Crippen LogP contribution in [0.1, 0.15) is 28.8 Å². The second kappa shape index (κ2) is 4.31. The highest BCUT2D eigenvalue weighted by Crippen LogP contribution is 2.54. The molecule has 1 aromatic carbocycles. The van der Waals surface area contributed by atoms with Crippen molar-refractivity contribution in [2.24, 2.45) is 0 Å². The molecular formula is C16H15NO3S. The average molecular weight is 301 g/mol. The van der Waals surface area contributed by atoms with Crippen LogP contribution in [0.2, 0.25) is 0 Å². The largest absolute Gasteiger partial charge is 0.468 e. The van der Waals surface area contributed by atoms with Crippen molar-refractivity contribution in [1.29, 1.82) is 0 Å².